The summed E-state index contributed by atoms with van der Waals surface area (Å²) in [6, 6.07) is 19.1. The molecule has 1 amide bonds. The predicted molar refractivity (Wildman–Crippen MR) is 115 cm³/mol. The second kappa shape index (κ2) is 9.51. The fourth-order valence-electron chi connectivity index (χ4n) is 2.86. The summed E-state index contributed by atoms with van der Waals surface area (Å²) >= 11 is 0. The van der Waals surface area contributed by atoms with Crippen LogP contribution in [0.1, 0.15) is 5.56 Å². The van der Waals surface area contributed by atoms with Crippen LogP contribution in [0.2, 0.25) is 0 Å². The minimum atomic E-state index is -3.93. The number of sulfonamides is 1. The maximum Gasteiger partial charge on any atom is 0.245 e. The third-order valence-electron chi connectivity index (χ3n) is 4.62. The molecule has 0 atom stereocenters. The fourth-order valence-corrected chi connectivity index (χ4v) is 4.20. The minimum absolute atomic E-state index is 0.0358. The van der Waals surface area contributed by atoms with Gasteiger partial charge >= 0.3 is 0 Å². The summed E-state index contributed by atoms with van der Waals surface area (Å²) in [5.41, 5.74) is 1.42. The van der Waals surface area contributed by atoms with Crippen molar-refractivity contribution < 1.29 is 17.9 Å². The average molecular weight is 426 g/mol. The standard InChI is InChI=1S/C22H23N3O4S/c1-24(19-7-4-3-5-8-19)22(26)17-25(16-18-10-12-20(29-2)13-11-18)30(27,28)21-9-6-14-23-15-21/h3-15H,16-17H2,1-2H3. The third kappa shape index (κ3) is 5.03. The van der Waals surface area contributed by atoms with Gasteiger partial charge in [0, 0.05) is 31.7 Å². The number of methoxy groups -OCH3 is 1. The van der Waals surface area contributed by atoms with Gasteiger partial charge in [-0.05, 0) is 42.0 Å². The SMILES string of the molecule is COc1ccc(CN(CC(=O)N(C)c2ccccc2)S(=O)(=O)c2cccnc2)cc1. The van der Waals surface area contributed by atoms with Crippen LogP contribution >= 0.6 is 0 Å². The van der Waals surface area contributed by atoms with E-state index in [9.17, 15) is 13.2 Å². The lowest BCUT2D eigenvalue weighted by atomic mass is 10.2. The van der Waals surface area contributed by atoms with E-state index in [1.165, 1.54) is 23.4 Å². The second-order valence-corrected chi connectivity index (χ2v) is 8.54. The molecule has 156 valence electrons. The van der Waals surface area contributed by atoms with Gasteiger partial charge < -0.3 is 9.64 Å². The highest BCUT2D eigenvalue weighted by Crippen LogP contribution is 2.20. The van der Waals surface area contributed by atoms with Crippen LogP contribution in [0.3, 0.4) is 0 Å². The first-order valence-electron chi connectivity index (χ1n) is 9.26. The molecule has 0 aliphatic carbocycles. The van der Waals surface area contributed by atoms with Gasteiger partial charge in [0.2, 0.25) is 15.9 Å². The monoisotopic (exact) mass is 425 g/mol. The quantitative estimate of drug-likeness (QED) is 0.554. The van der Waals surface area contributed by atoms with Crippen molar-refractivity contribution >= 4 is 21.6 Å². The topological polar surface area (TPSA) is 79.8 Å². The average Bonchev–Trinajstić information content (AvgIpc) is 2.79. The Morgan fingerprint density at radius 1 is 1.00 bits per heavy atom. The molecule has 0 fully saturated rings. The molecule has 0 saturated heterocycles. The van der Waals surface area contributed by atoms with E-state index in [1.807, 2.05) is 18.2 Å². The molecule has 7 nitrogen and oxygen atoms in total. The molecule has 8 heteroatoms. The first-order chi connectivity index (χ1) is 14.4. The van der Waals surface area contributed by atoms with E-state index in [0.717, 1.165) is 9.87 Å². The van der Waals surface area contributed by atoms with Crippen LogP contribution in [0.15, 0.2) is 84.0 Å². The van der Waals surface area contributed by atoms with Gasteiger partial charge in [-0.2, -0.15) is 4.31 Å². The largest absolute Gasteiger partial charge is 0.497 e. The van der Waals surface area contributed by atoms with Gasteiger partial charge in [0.25, 0.3) is 0 Å². The molecule has 3 rings (SSSR count). The van der Waals surface area contributed by atoms with Crippen LogP contribution in [0.4, 0.5) is 5.69 Å². The number of rotatable bonds is 8. The number of ether oxygens (including phenoxy) is 1. The Labute approximate surface area is 176 Å². The first-order valence-corrected chi connectivity index (χ1v) is 10.7. The van der Waals surface area contributed by atoms with Crippen molar-refractivity contribution in [2.24, 2.45) is 0 Å². The molecular formula is C22H23N3O4S. The lowest BCUT2D eigenvalue weighted by Gasteiger charge is -2.25. The smallest absolute Gasteiger partial charge is 0.245 e. The molecule has 1 aromatic heterocycles. The van der Waals surface area contributed by atoms with Crippen molar-refractivity contribution in [3.63, 3.8) is 0 Å². The van der Waals surface area contributed by atoms with E-state index in [2.05, 4.69) is 4.98 Å². The minimum Gasteiger partial charge on any atom is -0.497 e. The van der Waals surface area contributed by atoms with Crippen molar-refractivity contribution in [1.29, 1.82) is 0 Å². The number of likely N-dealkylation sites (N-methyl/N-ethyl adjacent to an activating group) is 1. The van der Waals surface area contributed by atoms with Gasteiger partial charge in [0.15, 0.2) is 0 Å². The molecule has 2 aromatic carbocycles. The zero-order valence-corrected chi connectivity index (χ0v) is 17.6. The summed E-state index contributed by atoms with van der Waals surface area (Å²) in [6.07, 6.45) is 2.78. The van der Waals surface area contributed by atoms with Crippen LogP contribution in [-0.2, 0) is 21.4 Å². The van der Waals surface area contributed by atoms with Gasteiger partial charge in [-0.15, -0.1) is 0 Å². The number of nitrogens with zero attached hydrogens (tertiary/aromatic N) is 3. The molecule has 0 radical (unpaired) electrons. The molecule has 0 spiro atoms. The molecule has 1 heterocycles. The van der Waals surface area contributed by atoms with Gasteiger partial charge in [-0.1, -0.05) is 30.3 Å². The van der Waals surface area contributed by atoms with Crippen molar-refractivity contribution in [2.75, 3.05) is 25.6 Å². The molecule has 0 unspecified atom stereocenters. The number of benzene rings is 2. The van der Waals surface area contributed by atoms with Crippen LogP contribution in [-0.4, -0.2) is 44.3 Å². The number of carbonyl (C=O) groups is 1. The van der Waals surface area contributed by atoms with Gasteiger partial charge in [-0.3, -0.25) is 9.78 Å². The summed E-state index contributed by atoms with van der Waals surface area (Å²) in [5.74, 6) is 0.322. The van der Waals surface area contributed by atoms with Gasteiger partial charge in [0.1, 0.15) is 10.6 Å². The number of hydrogen-bond donors (Lipinski definition) is 0. The summed E-state index contributed by atoms with van der Waals surface area (Å²) in [6.45, 7) is -0.274. The number of carbonyl (C=O) groups excluding carboxylic acids is 1. The van der Waals surface area contributed by atoms with Crippen LogP contribution in [0.5, 0.6) is 5.75 Å². The molecule has 0 aliphatic rings. The lowest BCUT2D eigenvalue weighted by Crippen LogP contribution is -2.41. The second-order valence-electron chi connectivity index (χ2n) is 6.60. The molecule has 0 bridgehead atoms. The van der Waals surface area contributed by atoms with E-state index in [0.29, 0.717) is 11.4 Å². The highest BCUT2D eigenvalue weighted by Gasteiger charge is 2.28. The molecule has 0 saturated carbocycles. The van der Waals surface area contributed by atoms with Crippen molar-refractivity contribution in [3.05, 3.63) is 84.7 Å². The Hall–Kier alpha value is -3.23. The Bertz CT molecular complexity index is 1070. The van der Waals surface area contributed by atoms with Crippen LogP contribution in [0.25, 0.3) is 0 Å². The Morgan fingerprint density at radius 3 is 2.30 bits per heavy atom. The number of para-hydroxylation sites is 1. The van der Waals surface area contributed by atoms with Crippen LogP contribution < -0.4 is 9.64 Å². The van der Waals surface area contributed by atoms with E-state index < -0.39 is 10.0 Å². The van der Waals surface area contributed by atoms with E-state index in [4.69, 9.17) is 4.74 Å². The number of hydrogen-bond acceptors (Lipinski definition) is 5. The highest BCUT2D eigenvalue weighted by molar-refractivity contribution is 7.89. The first kappa shape index (κ1) is 21.5. The molecular weight excluding hydrogens is 402 g/mol. The normalized spacial score (nSPS) is 11.3. The van der Waals surface area contributed by atoms with Crippen molar-refractivity contribution in [2.45, 2.75) is 11.4 Å². The number of aromatic nitrogens is 1. The summed E-state index contributed by atoms with van der Waals surface area (Å²) in [5, 5.41) is 0. The Kier molecular flexibility index (Phi) is 6.81. The third-order valence-corrected chi connectivity index (χ3v) is 6.39. The molecule has 3 aromatic rings. The van der Waals surface area contributed by atoms with Crippen molar-refractivity contribution in [1.82, 2.24) is 9.29 Å². The number of anilines is 1. The Morgan fingerprint density at radius 2 is 1.70 bits per heavy atom. The number of pyridine rings is 1. The zero-order valence-electron chi connectivity index (χ0n) is 16.8. The summed E-state index contributed by atoms with van der Waals surface area (Å²) in [7, 11) is -0.747. The lowest BCUT2D eigenvalue weighted by molar-refractivity contribution is -0.118. The van der Waals surface area contributed by atoms with E-state index >= 15 is 0 Å². The summed E-state index contributed by atoms with van der Waals surface area (Å²) in [4.78, 5) is 18.3. The fraction of sp³-hybridized carbons (Fsp3) is 0.182. The van der Waals surface area contributed by atoms with Crippen molar-refractivity contribution in [3.8, 4) is 5.75 Å². The van der Waals surface area contributed by atoms with Gasteiger partial charge in [0.05, 0.1) is 13.7 Å². The molecule has 0 aliphatic heterocycles. The highest BCUT2D eigenvalue weighted by atomic mass is 32.2. The Balaban J connectivity index is 1.89. The molecule has 30 heavy (non-hydrogen) atoms. The number of amides is 1. The predicted octanol–water partition coefficient (Wildman–Crippen LogP) is 2.94. The van der Waals surface area contributed by atoms with Gasteiger partial charge in [-0.25, -0.2) is 8.42 Å². The molecule has 0 N–H and O–H groups in total. The maximum atomic E-state index is 13.2. The van der Waals surface area contributed by atoms with Crippen LogP contribution in [0, 0.1) is 0 Å². The zero-order chi connectivity index (χ0) is 21.6. The van der Waals surface area contributed by atoms with E-state index in [-0.39, 0.29) is 23.9 Å². The maximum absolute atomic E-state index is 13.2. The van der Waals surface area contributed by atoms with E-state index in [1.54, 1.807) is 56.6 Å². The summed E-state index contributed by atoms with van der Waals surface area (Å²) < 4.78 is 32.8.